The number of nitrogens with one attached hydrogen (secondary N) is 1. The molecule has 168 valence electrons. The van der Waals surface area contributed by atoms with E-state index in [0.717, 1.165) is 44.6 Å². The van der Waals surface area contributed by atoms with Crippen molar-refractivity contribution < 1.29 is 13.9 Å². The maximum Gasteiger partial charge on any atom is 0.410 e. The second kappa shape index (κ2) is 8.59. The van der Waals surface area contributed by atoms with Crippen molar-refractivity contribution in [1.29, 1.82) is 0 Å². The summed E-state index contributed by atoms with van der Waals surface area (Å²) in [6, 6.07) is 3.32. The molecule has 1 unspecified atom stereocenters. The minimum absolute atomic E-state index is 0.0382. The van der Waals surface area contributed by atoms with Crippen LogP contribution in [-0.2, 0) is 11.3 Å². The lowest BCUT2D eigenvalue weighted by Gasteiger charge is -2.43. The molecule has 2 aliphatic heterocycles. The first-order valence-electron chi connectivity index (χ1n) is 10.8. The van der Waals surface area contributed by atoms with Crippen molar-refractivity contribution in [2.75, 3.05) is 37.2 Å². The summed E-state index contributed by atoms with van der Waals surface area (Å²) in [5.41, 5.74) is 12.7. The Morgan fingerprint density at radius 2 is 1.97 bits per heavy atom. The highest BCUT2D eigenvalue weighted by Gasteiger charge is 2.42. The highest BCUT2D eigenvalue weighted by Crippen LogP contribution is 2.32. The quantitative estimate of drug-likeness (QED) is 0.646. The molecule has 1 amide bonds. The van der Waals surface area contributed by atoms with E-state index in [9.17, 15) is 9.18 Å². The first-order chi connectivity index (χ1) is 14.0. The molecule has 1 aromatic carbocycles. The van der Waals surface area contributed by atoms with Crippen LogP contribution in [0.2, 0.25) is 0 Å². The summed E-state index contributed by atoms with van der Waals surface area (Å²) in [6.45, 7) is 11.3. The average Bonchev–Trinajstić information content (AvgIpc) is 3.07. The fourth-order valence-electron chi connectivity index (χ4n) is 4.38. The number of anilines is 2. The number of likely N-dealkylation sites (tertiary alicyclic amines) is 2. The maximum absolute atomic E-state index is 13.8. The molecule has 0 saturated carbocycles. The summed E-state index contributed by atoms with van der Waals surface area (Å²) in [5, 5.41) is 3.47. The van der Waals surface area contributed by atoms with E-state index >= 15 is 0 Å². The van der Waals surface area contributed by atoms with Crippen LogP contribution in [0.4, 0.5) is 20.6 Å². The van der Waals surface area contributed by atoms with Crippen LogP contribution in [0, 0.1) is 5.82 Å². The summed E-state index contributed by atoms with van der Waals surface area (Å²) in [5.74, 6) is -0.362. The summed E-state index contributed by atoms with van der Waals surface area (Å²) >= 11 is 0. The fraction of sp³-hybridized carbons (Fsp3) is 0.682. The van der Waals surface area contributed by atoms with Gasteiger partial charge in [-0.15, -0.1) is 0 Å². The van der Waals surface area contributed by atoms with Gasteiger partial charge in [0.05, 0.1) is 11.4 Å². The van der Waals surface area contributed by atoms with Gasteiger partial charge in [0, 0.05) is 49.9 Å². The Labute approximate surface area is 178 Å². The van der Waals surface area contributed by atoms with Gasteiger partial charge in [-0.05, 0) is 59.1 Å². The third-order valence-electron chi connectivity index (χ3n) is 6.16. The number of halogens is 1. The second-order valence-electron chi connectivity index (χ2n) is 9.79. The molecular weight excluding hydrogens is 385 g/mol. The van der Waals surface area contributed by atoms with Gasteiger partial charge in [0.1, 0.15) is 11.4 Å². The number of rotatable bonds is 4. The lowest BCUT2D eigenvalue weighted by molar-refractivity contribution is 0.0232. The number of ether oxygens (including phenoxy) is 1. The molecule has 2 heterocycles. The number of carbonyl (C=O) groups excluding carboxylic acids is 1. The zero-order chi connectivity index (χ0) is 22.1. The van der Waals surface area contributed by atoms with Crippen LogP contribution in [0.5, 0.6) is 0 Å². The largest absolute Gasteiger partial charge is 0.444 e. The number of piperidine rings is 1. The zero-order valence-corrected chi connectivity index (χ0v) is 18.6. The number of carbonyl (C=O) groups is 1. The molecule has 0 aromatic heterocycles. The van der Waals surface area contributed by atoms with Crippen LogP contribution < -0.4 is 16.8 Å². The normalized spacial score (nSPS) is 23.6. The van der Waals surface area contributed by atoms with Gasteiger partial charge in [-0.1, -0.05) is 0 Å². The number of nitrogen functional groups attached to an aromatic ring is 1. The van der Waals surface area contributed by atoms with E-state index in [0.29, 0.717) is 17.8 Å². The van der Waals surface area contributed by atoms with E-state index in [1.54, 1.807) is 6.07 Å². The Balaban J connectivity index is 1.55. The lowest BCUT2D eigenvalue weighted by atomic mass is 9.93. The van der Waals surface area contributed by atoms with Crippen LogP contribution in [0.1, 0.15) is 52.5 Å². The highest BCUT2D eigenvalue weighted by atomic mass is 19.1. The maximum atomic E-state index is 13.8. The molecule has 2 fully saturated rings. The average molecular weight is 422 g/mol. The summed E-state index contributed by atoms with van der Waals surface area (Å²) < 4.78 is 19.4. The molecule has 30 heavy (non-hydrogen) atoms. The van der Waals surface area contributed by atoms with E-state index in [2.05, 4.69) is 17.1 Å². The van der Waals surface area contributed by atoms with Crippen molar-refractivity contribution in [2.45, 2.75) is 70.7 Å². The predicted molar refractivity (Wildman–Crippen MR) is 118 cm³/mol. The number of benzene rings is 1. The van der Waals surface area contributed by atoms with E-state index in [1.165, 1.54) is 6.07 Å². The Kier molecular flexibility index (Phi) is 6.48. The fourth-order valence-corrected chi connectivity index (χ4v) is 4.38. The van der Waals surface area contributed by atoms with Gasteiger partial charge in [-0.25, -0.2) is 9.18 Å². The van der Waals surface area contributed by atoms with Crippen LogP contribution in [0.15, 0.2) is 12.1 Å². The predicted octanol–water partition coefficient (Wildman–Crippen LogP) is 3.14. The molecule has 0 bridgehead atoms. The van der Waals surface area contributed by atoms with Crippen molar-refractivity contribution in [3.8, 4) is 0 Å². The first-order valence-corrected chi connectivity index (χ1v) is 10.8. The molecule has 2 aliphatic rings. The molecule has 1 atom stereocenters. The Hall–Kier alpha value is -2.06. The molecule has 1 aromatic rings. The van der Waals surface area contributed by atoms with Crippen LogP contribution >= 0.6 is 0 Å². The van der Waals surface area contributed by atoms with E-state index in [4.69, 9.17) is 16.2 Å². The minimum Gasteiger partial charge on any atom is -0.444 e. The third kappa shape index (κ3) is 5.16. The molecule has 7 nitrogen and oxygen atoms in total. The molecule has 0 aliphatic carbocycles. The molecule has 3 rings (SSSR count). The smallest absolute Gasteiger partial charge is 0.410 e. The topological polar surface area (TPSA) is 96.8 Å². The van der Waals surface area contributed by atoms with Crippen molar-refractivity contribution >= 4 is 17.5 Å². The van der Waals surface area contributed by atoms with E-state index in [1.807, 2.05) is 25.7 Å². The third-order valence-corrected chi connectivity index (χ3v) is 6.16. The Morgan fingerprint density at radius 1 is 1.30 bits per heavy atom. The molecule has 8 heteroatoms. The van der Waals surface area contributed by atoms with Gasteiger partial charge >= 0.3 is 6.09 Å². The Bertz CT molecular complexity index is 774. The van der Waals surface area contributed by atoms with Crippen LogP contribution in [-0.4, -0.2) is 59.3 Å². The van der Waals surface area contributed by atoms with E-state index < -0.39 is 5.60 Å². The highest BCUT2D eigenvalue weighted by molar-refractivity contribution is 5.69. The number of nitrogens with two attached hydrogens (primary N) is 2. The second-order valence-corrected chi connectivity index (χ2v) is 9.79. The van der Waals surface area contributed by atoms with Crippen LogP contribution in [0.25, 0.3) is 0 Å². The Morgan fingerprint density at radius 3 is 2.57 bits per heavy atom. The van der Waals surface area contributed by atoms with Crippen molar-refractivity contribution in [1.82, 2.24) is 9.80 Å². The SMILES string of the molecule is CC(C)(C)OC(=O)N1CCC(C)(N2CCC(Nc3cc(CN)c(F)cc3N)CC2)C1. The van der Waals surface area contributed by atoms with Crippen molar-refractivity contribution in [3.63, 3.8) is 0 Å². The molecule has 0 spiro atoms. The van der Waals surface area contributed by atoms with Crippen LogP contribution in [0.3, 0.4) is 0 Å². The molecule has 5 N–H and O–H groups in total. The summed E-state index contributed by atoms with van der Waals surface area (Å²) in [7, 11) is 0. The molecule has 2 saturated heterocycles. The lowest BCUT2D eigenvalue weighted by Crippen LogP contribution is -2.53. The summed E-state index contributed by atoms with van der Waals surface area (Å²) in [4.78, 5) is 16.7. The molecule has 0 radical (unpaired) electrons. The van der Waals surface area contributed by atoms with Gasteiger partial charge in [0.15, 0.2) is 0 Å². The monoisotopic (exact) mass is 421 g/mol. The number of hydrogen-bond donors (Lipinski definition) is 3. The molecular formula is C22H36FN5O2. The van der Waals surface area contributed by atoms with Gasteiger partial charge in [-0.3, -0.25) is 4.90 Å². The van der Waals surface area contributed by atoms with Gasteiger partial charge < -0.3 is 26.4 Å². The first kappa shape index (κ1) is 22.6. The standard InChI is InChI=1S/C22H36FN5O2/c1-21(2,3)30-20(29)27-10-7-22(4,14-27)28-8-5-16(6-9-28)26-19-11-15(13-24)17(23)12-18(19)25/h11-12,16,26H,5-10,13-14,24-25H2,1-4H3. The van der Waals surface area contributed by atoms with Gasteiger partial charge in [0.2, 0.25) is 0 Å². The van der Waals surface area contributed by atoms with Crippen molar-refractivity contribution in [3.05, 3.63) is 23.5 Å². The van der Waals surface area contributed by atoms with E-state index in [-0.39, 0.29) is 30.0 Å². The van der Waals surface area contributed by atoms with Crippen molar-refractivity contribution in [2.24, 2.45) is 5.73 Å². The number of nitrogens with zero attached hydrogens (tertiary/aromatic N) is 2. The van der Waals surface area contributed by atoms with Gasteiger partial charge in [0.25, 0.3) is 0 Å². The zero-order valence-electron chi connectivity index (χ0n) is 18.6. The minimum atomic E-state index is -0.480. The summed E-state index contributed by atoms with van der Waals surface area (Å²) in [6.07, 6.45) is 2.62. The number of amides is 1. The van der Waals surface area contributed by atoms with Gasteiger partial charge in [-0.2, -0.15) is 0 Å². The number of hydrogen-bond acceptors (Lipinski definition) is 6.